The van der Waals surface area contributed by atoms with Gasteiger partial charge < -0.3 is 0 Å². The lowest BCUT2D eigenvalue weighted by molar-refractivity contribution is 0.590. The molecule has 3 aromatic rings. The molecule has 0 atom stereocenters. The number of hydrogen-bond donors (Lipinski definition) is 0. The summed E-state index contributed by atoms with van der Waals surface area (Å²) in [6.07, 6.45) is 3.42. The highest BCUT2D eigenvalue weighted by atomic mass is 35.5. The second-order valence-electron chi connectivity index (χ2n) is 6.95. The number of halogens is 1. The number of hydrogen-bond acceptors (Lipinski definition) is 4. The van der Waals surface area contributed by atoms with Crippen LogP contribution in [0.25, 0.3) is 0 Å². The Balaban J connectivity index is 1.68. The van der Waals surface area contributed by atoms with Crippen molar-refractivity contribution in [3.63, 3.8) is 0 Å². The highest BCUT2D eigenvalue weighted by Crippen LogP contribution is 2.25. The lowest BCUT2D eigenvalue weighted by Crippen LogP contribution is -2.10. The predicted molar refractivity (Wildman–Crippen MR) is 109 cm³/mol. The molecule has 3 rings (SSSR count). The Morgan fingerprint density at radius 1 is 1.12 bits per heavy atom. The van der Waals surface area contributed by atoms with Crippen molar-refractivity contribution in [2.24, 2.45) is 5.10 Å². The minimum Gasteiger partial charge on any atom is -0.195 e. The van der Waals surface area contributed by atoms with E-state index in [2.05, 4.69) is 60.3 Å². The molecule has 6 heteroatoms. The Morgan fingerprint density at radius 2 is 1.85 bits per heavy atom. The van der Waals surface area contributed by atoms with Crippen LogP contribution in [0, 0.1) is 0 Å². The molecule has 4 nitrogen and oxygen atoms in total. The minimum atomic E-state index is 0.145. The third-order valence-corrected chi connectivity index (χ3v) is 5.27. The van der Waals surface area contributed by atoms with E-state index in [9.17, 15) is 0 Å². The van der Waals surface area contributed by atoms with Gasteiger partial charge in [-0.2, -0.15) is 9.78 Å². The molecular formula is C20H21ClN4S. The highest BCUT2D eigenvalue weighted by molar-refractivity contribution is 7.98. The SMILES string of the molecule is CC(C)(C)c1ccc(C=Nn2cnnc2SCc2ccccc2Cl)cc1. The fraction of sp³-hybridized carbons (Fsp3) is 0.250. The summed E-state index contributed by atoms with van der Waals surface area (Å²) in [7, 11) is 0. The predicted octanol–water partition coefficient (Wildman–Crippen LogP) is 5.40. The van der Waals surface area contributed by atoms with Crippen molar-refractivity contribution in [2.45, 2.75) is 37.1 Å². The zero-order valence-corrected chi connectivity index (χ0v) is 16.6. The Morgan fingerprint density at radius 3 is 2.54 bits per heavy atom. The van der Waals surface area contributed by atoms with Crippen LogP contribution in [0.2, 0.25) is 5.02 Å². The average Bonchev–Trinajstić information content (AvgIpc) is 3.06. The zero-order valence-electron chi connectivity index (χ0n) is 15.1. The summed E-state index contributed by atoms with van der Waals surface area (Å²) in [5.41, 5.74) is 3.55. The number of thioether (sulfide) groups is 1. The van der Waals surface area contributed by atoms with Gasteiger partial charge in [0.05, 0.1) is 6.21 Å². The summed E-state index contributed by atoms with van der Waals surface area (Å²) in [4.78, 5) is 0. The van der Waals surface area contributed by atoms with E-state index in [-0.39, 0.29) is 5.41 Å². The number of rotatable bonds is 5. The van der Waals surface area contributed by atoms with Crippen molar-refractivity contribution in [1.82, 2.24) is 14.9 Å². The number of nitrogens with zero attached hydrogens (tertiary/aromatic N) is 4. The van der Waals surface area contributed by atoms with E-state index < -0.39 is 0 Å². The number of benzene rings is 2. The summed E-state index contributed by atoms with van der Waals surface area (Å²) < 4.78 is 1.68. The molecule has 0 aliphatic rings. The molecule has 0 aliphatic heterocycles. The molecule has 2 aromatic carbocycles. The van der Waals surface area contributed by atoms with Crippen LogP contribution in [-0.2, 0) is 11.2 Å². The van der Waals surface area contributed by atoms with Gasteiger partial charge in [-0.15, -0.1) is 10.2 Å². The summed E-state index contributed by atoms with van der Waals surface area (Å²) >= 11 is 7.76. The van der Waals surface area contributed by atoms with Crippen molar-refractivity contribution >= 4 is 29.6 Å². The Labute approximate surface area is 163 Å². The largest absolute Gasteiger partial charge is 0.212 e. The molecule has 0 N–H and O–H groups in total. The van der Waals surface area contributed by atoms with Crippen LogP contribution < -0.4 is 0 Å². The molecule has 0 unspecified atom stereocenters. The average molecular weight is 385 g/mol. The third-order valence-electron chi connectivity index (χ3n) is 3.92. The van der Waals surface area contributed by atoms with Crippen LogP contribution in [0.5, 0.6) is 0 Å². The molecule has 0 radical (unpaired) electrons. The van der Waals surface area contributed by atoms with Crippen LogP contribution in [0.1, 0.15) is 37.5 Å². The van der Waals surface area contributed by atoms with Gasteiger partial charge in [-0.1, -0.05) is 86.6 Å². The first-order chi connectivity index (χ1) is 12.4. The van der Waals surface area contributed by atoms with Gasteiger partial charge >= 0.3 is 0 Å². The van der Waals surface area contributed by atoms with Crippen LogP contribution >= 0.6 is 23.4 Å². The zero-order chi connectivity index (χ0) is 18.6. The molecule has 0 spiro atoms. The molecule has 0 saturated carbocycles. The maximum absolute atomic E-state index is 6.20. The summed E-state index contributed by atoms with van der Waals surface area (Å²) in [5.74, 6) is 0.716. The maximum Gasteiger partial charge on any atom is 0.212 e. The van der Waals surface area contributed by atoms with Crippen molar-refractivity contribution in [1.29, 1.82) is 0 Å². The van der Waals surface area contributed by atoms with Crippen molar-refractivity contribution in [2.75, 3.05) is 0 Å². The van der Waals surface area contributed by atoms with E-state index in [1.54, 1.807) is 22.8 Å². The van der Waals surface area contributed by atoms with E-state index in [4.69, 9.17) is 11.6 Å². The van der Waals surface area contributed by atoms with Gasteiger partial charge in [0, 0.05) is 10.8 Å². The summed E-state index contributed by atoms with van der Waals surface area (Å²) in [6.45, 7) is 6.61. The van der Waals surface area contributed by atoms with Crippen LogP contribution in [-0.4, -0.2) is 21.1 Å². The van der Waals surface area contributed by atoms with Gasteiger partial charge in [0.1, 0.15) is 6.33 Å². The van der Waals surface area contributed by atoms with Gasteiger partial charge in [0.2, 0.25) is 5.16 Å². The standard InChI is InChI=1S/C20H21ClN4S/c1-20(2,3)17-10-8-15(9-11-17)12-23-25-14-22-24-19(25)26-13-16-6-4-5-7-18(16)21/h4-12,14H,13H2,1-3H3. The first kappa shape index (κ1) is 18.7. The topological polar surface area (TPSA) is 43.1 Å². The third kappa shape index (κ3) is 4.74. The fourth-order valence-corrected chi connectivity index (χ4v) is 3.50. The van der Waals surface area contributed by atoms with E-state index in [0.29, 0.717) is 5.75 Å². The Kier molecular flexibility index (Phi) is 5.79. The molecule has 0 saturated heterocycles. The van der Waals surface area contributed by atoms with Gasteiger partial charge in [0.25, 0.3) is 0 Å². The van der Waals surface area contributed by atoms with Crippen LogP contribution in [0.3, 0.4) is 0 Å². The molecule has 1 heterocycles. The monoisotopic (exact) mass is 384 g/mol. The van der Waals surface area contributed by atoms with Crippen LogP contribution in [0.15, 0.2) is 65.1 Å². The van der Waals surface area contributed by atoms with Crippen LogP contribution in [0.4, 0.5) is 0 Å². The normalized spacial score (nSPS) is 12.0. The molecule has 134 valence electrons. The smallest absolute Gasteiger partial charge is 0.195 e. The minimum absolute atomic E-state index is 0.145. The van der Waals surface area contributed by atoms with Crippen molar-refractivity contribution in [3.05, 3.63) is 76.6 Å². The molecule has 0 bridgehead atoms. The summed E-state index contributed by atoms with van der Waals surface area (Å²) in [6, 6.07) is 16.2. The first-order valence-corrected chi connectivity index (χ1v) is 9.71. The molecule has 0 aliphatic carbocycles. The lowest BCUT2D eigenvalue weighted by Gasteiger charge is -2.18. The van der Waals surface area contributed by atoms with E-state index in [0.717, 1.165) is 21.3 Å². The van der Waals surface area contributed by atoms with E-state index >= 15 is 0 Å². The lowest BCUT2D eigenvalue weighted by atomic mass is 9.87. The number of aromatic nitrogens is 3. The molecule has 0 fully saturated rings. The molecular weight excluding hydrogens is 364 g/mol. The highest BCUT2D eigenvalue weighted by Gasteiger charge is 2.12. The Bertz CT molecular complexity index is 895. The maximum atomic E-state index is 6.20. The van der Waals surface area contributed by atoms with Crippen molar-refractivity contribution in [3.8, 4) is 0 Å². The van der Waals surface area contributed by atoms with Crippen molar-refractivity contribution < 1.29 is 0 Å². The van der Waals surface area contributed by atoms with Gasteiger partial charge in [-0.25, -0.2) is 0 Å². The molecule has 26 heavy (non-hydrogen) atoms. The van der Waals surface area contributed by atoms with E-state index in [1.807, 2.05) is 30.5 Å². The van der Waals surface area contributed by atoms with Gasteiger partial charge in [0.15, 0.2) is 0 Å². The fourth-order valence-electron chi connectivity index (χ4n) is 2.35. The second kappa shape index (κ2) is 8.06. The second-order valence-corrected chi connectivity index (χ2v) is 8.30. The van der Waals surface area contributed by atoms with Gasteiger partial charge in [-0.3, -0.25) is 0 Å². The quantitative estimate of drug-likeness (QED) is 0.436. The van der Waals surface area contributed by atoms with E-state index in [1.165, 1.54) is 5.56 Å². The molecule has 1 aromatic heterocycles. The van der Waals surface area contributed by atoms with Gasteiger partial charge in [-0.05, 0) is 28.2 Å². The summed E-state index contributed by atoms with van der Waals surface area (Å²) in [5, 5.41) is 14.1. The molecule has 0 amide bonds. The Hall–Kier alpha value is -2.11. The first-order valence-electron chi connectivity index (χ1n) is 8.34.